The summed E-state index contributed by atoms with van der Waals surface area (Å²) < 4.78 is 14.3. The van der Waals surface area contributed by atoms with Crippen LogP contribution in [0.25, 0.3) is 17.2 Å². The van der Waals surface area contributed by atoms with Gasteiger partial charge in [0.05, 0.1) is 11.8 Å². The molecule has 0 aliphatic carbocycles. The minimum Gasteiger partial charge on any atom is -1.00 e. The van der Waals surface area contributed by atoms with Crippen molar-refractivity contribution in [3.05, 3.63) is 72.5 Å². The lowest BCUT2D eigenvalue weighted by Crippen LogP contribution is -3.00. The maximum Gasteiger partial charge on any atom is 0.374 e. The number of aryl methyl sites for hydroxylation is 1. The fourth-order valence-corrected chi connectivity index (χ4v) is 4.64. The number of carbonyl (C=O) groups excluding carboxylic acids is 3. The number of anilines is 1. The lowest BCUT2D eigenvalue weighted by molar-refractivity contribution is -0.678. The first-order chi connectivity index (χ1) is 18.5. The first-order valence-corrected chi connectivity index (χ1v) is 13.0. The van der Waals surface area contributed by atoms with E-state index in [9.17, 15) is 14.4 Å². The highest BCUT2D eigenvalue weighted by Gasteiger charge is 2.32. The van der Waals surface area contributed by atoms with Crippen LogP contribution in [0.3, 0.4) is 0 Å². The van der Waals surface area contributed by atoms with Crippen LogP contribution in [0.1, 0.15) is 51.3 Å². The van der Waals surface area contributed by atoms with Crippen molar-refractivity contribution in [1.82, 2.24) is 5.06 Å². The molecule has 1 saturated heterocycles. The largest absolute Gasteiger partial charge is 1.00 e. The van der Waals surface area contributed by atoms with Crippen LogP contribution in [-0.4, -0.2) is 29.4 Å². The van der Waals surface area contributed by atoms with E-state index in [-0.39, 0.29) is 43.2 Å². The molecule has 204 valence electrons. The van der Waals surface area contributed by atoms with Gasteiger partial charge in [-0.05, 0) is 50.1 Å². The lowest BCUT2D eigenvalue weighted by atomic mass is 10.2. The quantitative estimate of drug-likeness (QED) is 0.144. The van der Waals surface area contributed by atoms with E-state index in [1.54, 1.807) is 0 Å². The van der Waals surface area contributed by atoms with Gasteiger partial charge in [0.2, 0.25) is 11.5 Å². The molecule has 0 saturated carbocycles. The van der Waals surface area contributed by atoms with Crippen LogP contribution in [0, 0.1) is 0 Å². The Morgan fingerprint density at radius 1 is 1.03 bits per heavy atom. The standard InChI is InChI=1S/C29H30N3O6.HI/c1-2-30-21-11-5-7-13-23(21)36-27(30)15-10-16-28-31(22-12-6-8-14-24(22)37-28)20-9-3-4-17-29(35)38-32-25(33)18-19-26(32)34;/h5-8,10-16H,2-4,9,17-20H2,1H3;1H/q+1;/p-1. The number of halogens is 1. The molecule has 2 amide bonds. The van der Waals surface area contributed by atoms with Gasteiger partial charge in [0.15, 0.2) is 12.3 Å². The second kappa shape index (κ2) is 12.9. The van der Waals surface area contributed by atoms with E-state index < -0.39 is 17.8 Å². The molecule has 0 bridgehead atoms. The maximum absolute atomic E-state index is 12.0. The second-order valence-corrected chi connectivity index (χ2v) is 9.09. The summed E-state index contributed by atoms with van der Waals surface area (Å²) in [6.07, 6.45) is 8.28. The summed E-state index contributed by atoms with van der Waals surface area (Å²) in [5, 5.41) is 0.596. The van der Waals surface area contributed by atoms with Crippen molar-refractivity contribution in [2.75, 3.05) is 11.4 Å². The van der Waals surface area contributed by atoms with Gasteiger partial charge >= 0.3 is 11.9 Å². The van der Waals surface area contributed by atoms with Gasteiger partial charge in [-0.2, -0.15) is 4.57 Å². The molecular formula is C29H30IN3O6. The number of para-hydroxylation sites is 4. The van der Waals surface area contributed by atoms with Gasteiger partial charge in [-0.3, -0.25) is 9.59 Å². The number of amides is 2. The van der Waals surface area contributed by atoms with Gasteiger partial charge in [-0.15, -0.1) is 5.06 Å². The number of benzene rings is 2. The summed E-state index contributed by atoms with van der Waals surface area (Å²) in [5.74, 6) is 0.826. The smallest absolute Gasteiger partial charge is 0.374 e. The van der Waals surface area contributed by atoms with Crippen molar-refractivity contribution in [2.45, 2.75) is 52.0 Å². The average molecular weight is 643 g/mol. The van der Waals surface area contributed by atoms with E-state index in [0.717, 1.165) is 47.8 Å². The van der Waals surface area contributed by atoms with Gasteiger partial charge < -0.3 is 42.9 Å². The molecule has 10 heteroatoms. The Kier molecular flexibility index (Phi) is 9.39. The Morgan fingerprint density at radius 2 is 1.77 bits per heavy atom. The fourth-order valence-electron chi connectivity index (χ4n) is 4.64. The van der Waals surface area contributed by atoms with Crippen molar-refractivity contribution in [1.29, 1.82) is 0 Å². The zero-order valence-corrected chi connectivity index (χ0v) is 23.8. The Balaban J connectivity index is 0.00000353. The number of fused-ring (bicyclic) bond motifs is 2. The SMILES string of the molecule is CCN1/C(=C\C=C\c2oc3ccccc3[n+]2CCCCCC(=O)ON2C(=O)CCC2=O)Oc2ccccc21.[I-]. The summed E-state index contributed by atoms with van der Waals surface area (Å²) in [6.45, 7) is 3.58. The third-order valence-corrected chi connectivity index (χ3v) is 6.53. The van der Waals surface area contributed by atoms with Crippen LogP contribution in [0.15, 0.2) is 71.0 Å². The predicted octanol–water partition coefficient (Wildman–Crippen LogP) is 1.67. The summed E-state index contributed by atoms with van der Waals surface area (Å²) >= 11 is 0. The molecule has 39 heavy (non-hydrogen) atoms. The Bertz CT molecular complexity index is 1410. The highest BCUT2D eigenvalue weighted by Crippen LogP contribution is 2.38. The third kappa shape index (κ3) is 6.32. The Morgan fingerprint density at radius 3 is 2.56 bits per heavy atom. The number of unbranched alkanes of at least 4 members (excludes halogenated alkanes) is 2. The maximum atomic E-state index is 12.0. The lowest BCUT2D eigenvalue weighted by Gasteiger charge is -2.14. The number of allylic oxidation sites excluding steroid dienone is 2. The van der Waals surface area contributed by atoms with Crippen LogP contribution < -0.4 is 38.2 Å². The zero-order chi connectivity index (χ0) is 26.5. The molecule has 0 atom stereocenters. The minimum atomic E-state index is -0.566. The topological polar surface area (TPSA) is 93.2 Å². The number of rotatable bonds is 10. The van der Waals surface area contributed by atoms with Crippen LogP contribution in [0.4, 0.5) is 5.69 Å². The monoisotopic (exact) mass is 643 g/mol. The fraction of sp³-hybridized carbons (Fsp3) is 0.310. The van der Waals surface area contributed by atoms with Gasteiger partial charge in [-0.1, -0.05) is 24.3 Å². The number of nitrogens with zero attached hydrogens (tertiary/aromatic N) is 3. The van der Waals surface area contributed by atoms with Gasteiger partial charge in [-0.25, -0.2) is 4.79 Å². The van der Waals surface area contributed by atoms with Gasteiger partial charge in [0.1, 0.15) is 0 Å². The first-order valence-electron chi connectivity index (χ1n) is 13.0. The molecule has 0 N–H and O–H groups in total. The molecule has 2 aliphatic heterocycles. The predicted molar refractivity (Wildman–Crippen MR) is 139 cm³/mol. The molecule has 2 aliphatic rings. The number of carbonyl (C=O) groups is 3. The summed E-state index contributed by atoms with van der Waals surface area (Å²) in [7, 11) is 0. The molecule has 3 heterocycles. The molecule has 0 radical (unpaired) electrons. The minimum absolute atomic E-state index is 0. The molecule has 3 aromatic rings. The molecule has 0 unspecified atom stereocenters. The van der Waals surface area contributed by atoms with Crippen molar-refractivity contribution >= 4 is 40.6 Å². The molecule has 1 fully saturated rings. The van der Waals surface area contributed by atoms with Crippen LogP contribution in [0.5, 0.6) is 5.75 Å². The Labute approximate surface area is 243 Å². The highest BCUT2D eigenvalue weighted by atomic mass is 127. The van der Waals surface area contributed by atoms with Crippen LogP contribution >= 0.6 is 0 Å². The molecule has 2 aromatic carbocycles. The van der Waals surface area contributed by atoms with E-state index in [1.807, 2.05) is 66.8 Å². The number of hydrogen-bond acceptors (Lipinski definition) is 7. The third-order valence-electron chi connectivity index (χ3n) is 6.53. The van der Waals surface area contributed by atoms with Gasteiger partial charge in [0, 0.05) is 38.3 Å². The molecule has 1 aromatic heterocycles. The summed E-state index contributed by atoms with van der Waals surface area (Å²) in [6, 6.07) is 15.8. The molecule has 5 rings (SSSR count). The normalized spacial score (nSPS) is 15.8. The molecule has 0 spiro atoms. The number of ether oxygens (including phenoxy) is 1. The van der Waals surface area contributed by atoms with Crippen molar-refractivity contribution in [3.8, 4) is 5.75 Å². The molecule has 9 nitrogen and oxygen atoms in total. The van der Waals surface area contributed by atoms with Crippen molar-refractivity contribution in [2.24, 2.45) is 0 Å². The van der Waals surface area contributed by atoms with E-state index in [1.165, 1.54) is 0 Å². The van der Waals surface area contributed by atoms with E-state index in [4.69, 9.17) is 14.0 Å². The average Bonchev–Trinajstić information content (AvgIpc) is 3.57. The number of hydrogen-bond donors (Lipinski definition) is 0. The van der Waals surface area contributed by atoms with E-state index in [2.05, 4.69) is 16.4 Å². The number of aromatic nitrogens is 1. The van der Waals surface area contributed by atoms with Crippen molar-refractivity contribution in [3.63, 3.8) is 0 Å². The number of oxazole rings is 1. The molecular weight excluding hydrogens is 613 g/mol. The van der Waals surface area contributed by atoms with Crippen molar-refractivity contribution < 1.29 is 56.9 Å². The first kappa shape index (κ1) is 28.3. The Hall–Kier alpha value is -3.67. The van der Waals surface area contributed by atoms with E-state index in [0.29, 0.717) is 23.9 Å². The zero-order valence-electron chi connectivity index (χ0n) is 21.7. The summed E-state index contributed by atoms with van der Waals surface area (Å²) in [5.41, 5.74) is 2.84. The second-order valence-electron chi connectivity index (χ2n) is 9.09. The van der Waals surface area contributed by atoms with Crippen LogP contribution in [-0.2, 0) is 25.8 Å². The van der Waals surface area contributed by atoms with E-state index >= 15 is 0 Å². The van der Waals surface area contributed by atoms with Crippen LogP contribution in [0.2, 0.25) is 0 Å². The number of imide groups is 1. The summed E-state index contributed by atoms with van der Waals surface area (Å²) in [4.78, 5) is 42.3. The number of hydroxylamine groups is 2. The highest BCUT2D eigenvalue weighted by molar-refractivity contribution is 6.01. The van der Waals surface area contributed by atoms with Gasteiger partial charge in [0.25, 0.3) is 17.3 Å².